The molecule has 1 aromatic rings. The fraction of sp³-hybridized carbons (Fsp3) is 0.625. The van der Waals surface area contributed by atoms with Crippen molar-refractivity contribution in [2.75, 3.05) is 18.5 Å². The van der Waals surface area contributed by atoms with Crippen LogP contribution in [-0.2, 0) is 14.9 Å². The standard InChI is InChI=1S/C16H24N4O3S/c1-6-7-8-12(21)23-11-9-10-19(5)15(22)20(11)14-18-17-13(24-14)16(2,3)4/h6,11H,1,7-10H2,2-5H3. The van der Waals surface area contributed by atoms with Crippen molar-refractivity contribution in [3.05, 3.63) is 17.7 Å². The average Bonchev–Trinajstić information content (AvgIpc) is 2.99. The number of aromatic nitrogens is 2. The van der Waals surface area contributed by atoms with Gasteiger partial charge in [0.2, 0.25) is 5.13 Å². The highest BCUT2D eigenvalue weighted by atomic mass is 32.1. The van der Waals surface area contributed by atoms with Gasteiger partial charge < -0.3 is 9.64 Å². The molecule has 1 unspecified atom stereocenters. The highest BCUT2D eigenvalue weighted by Gasteiger charge is 2.37. The van der Waals surface area contributed by atoms with E-state index in [4.69, 9.17) is 4.74 Å². The molecular weight excluding hydrogens is 328 g/mol. The lowest BCUT2D eigenvalue weighted by atomic mass is 9.98. The Morgan fingerprint density at radius 2 is 2.17 bits per heavy atom. The molecule has 1 atom stereocenters. The summed E-state index contributed by atoms with van der Waals surface area (Å²) in [6.45, 7) is 10.2. The number of hydrogen-bond acceptors (Lipinski definition) is 6. The normalized spacial score (nSPS) is 18.7. The van der Waals surface area contributed by atoms with Gasteiger partial charge in [-0.25, -0.2) is 9.69 Å². The second kappa shape index (κ2) is 7.29. The van der Waals surface area contributed by atoms with Crippen molar-refractivity contribution in [1.29, 1.82) is 0 Å². The summed E-state index contributed by atoms with van der Waals surface area (Å²) in [5, 5.41) is 9.62. The van der Waals surface area contributed by atoms with E-state index in [2.05, 4.69) is 16.8 Å². The van der Waals surface area contributed by atoms with Gasteiger partial charge in [0.05, 0.1) is 0 Å². The second-order valence-corrected chi connectivity index (χ2v) is 7.73. The minimum atomic E-state index is -0.646. The number of anilines is 1. The number of esters is 1. The molecule has 1 aliphatic heterocycles. The van der Waals surface area contributed by atoms with Gasteiger partial charge in [-0.15, -0.1) is 16.8 Å². The molecular formula is C16H24N4O3S. The van der Waals surface area contributed by atoms with E-state index in [1.807, 2.05) is 20.8 Å². The van der Waals surface area contributed by atoms with Gasteiger partial charge in [-0.1, -0.05) is 38.2 Å². The molecule has 8 heteroatoms. The van der Waals surface area contributed by atoms with Crippen LogP contribution in [0.25, 0.3) is 0 Å². The summed E-state index contributed by atoms with van der Waals surface area (Å²) in [4.78, 5) is 27.5. The van der Waals surface area contributed by atoms with E-state index < -0.39 is 6.23 Å². The summed E-state index contributed by atoms with van der Waals surface area (Å²) in [6.07, 6.45) is 2.35. The van der Waals surface area contributed by atoms with E-state index in [1.54, 1.807) is 18.0 Å². The quantitative estimate of drug-likeness (QED) is 0.601. The topological polar surface area (TPSA) is 75.6 Å². The number of urea groups is 1. The minimum absolute atomic E-state index is 0.156. The Labute approximate surface area is 146 Å². The number of carbonyl (C=O) groups is 2. The highest BCUT2D eigenvalue weighted by Crippen LogP contribution is 2.33. The van der Waals surface area contributed by atoms with Crippen molar-refractivity contribution in [2.45, 2.75) is 51.7 Å². The van der Waals surface area contributed by atoms with Gasteiger partial charge in [0.15, 0.2) is 6.23 Å². The lowest BCUT2D eigenvalue weighted by Gasteiger charge is -2.37. The maximum Gasteiger partial charge on any atom is 0.329 e. The van der Waals surface area contributed by atoms with Crippen LogP contribution < -0.4 is 4.90 Å². The maximum atomic E-state index is 12.6. The molecule has 1 aromatic heterocycles. The van der Waals surface area contributed by atoms with Crippen LogP contribution >= 0.6 is 11.3 Å². The molecule has 0 radical (unpaired) electrons. The van der Waals surface area contributed by atoms with Gasteiger partial charge in [0.25, 0.3) is 0 Å². The minimum Gasteiger partial charge on any atom is -0.441 e. The third kappa shape index (κ3) is 4.11. The summed E-state index contributed by atoms with van der Waals surface area (Å²) >= 11 is 1.35. The van der Waals surface area contributed by atoms with Crippen LogP contribution in [0.3, 0.4) is 0 Å². The van der Waals surface area contributed by atoms with Crippen molar-refractivity contribution < 1.29 is 14.3 Å². The number of hydrogen-bond donors (Lipinski definition) is 0. The van der Waals surface area contributed by atoms with Gasteiger partial charge in [0, 0.05) is 31.8 Å². The van der Waals surface area contributed by atoms with Crippen LogP contribution in [0.2, 0.25) is 0 Å². The molecule has 2 heterocycles. The smallest absolute Gasteiger partial charge is 0.329 e. The van der Waals surface area contributed by atoms with Crippen LogP contribution in [0.1, 0.15) is 45.0 Å². The molecule has 132 valence electrons. The van der Waals surface area contributed by atoms with Crippen molar-refractivity contribution in [2.24, 2.45) is 0 Å². The molecule has 24 heavy (non-hydrogen) atoms. The Bertz CT molecular complexity index is 623. The second-order valence-electron chi connectivity index (χ2n) is 6.77. The van der Waals surface area contributed by atoms with E-state index in [0.29, 0.717) is 24.5 Å². The molecule has 0 N–H and O–H groups in total. The van der Waals surface area contributed by atoms with E-state index in [1.165, 1.54) is 16.2 Å². The van der Waals surface area contributed by atoms with Gasteiger partial charge in [-0.3, -0.25) is 4.79 Å². The van der Waals surface area contributed by atoms with Crippen molar-refractivity contribution in [1.82, 2.24) is 15.1 Å². The van der Waals surface area contributed by atoms with Gasteiger partial charge in [-0.2, -0.15) is 0 Å². The largest absolute Gasteiger partial charge is 0.441 e. The Morgan fingerprint density at radius 3 is 2.75 bits per heavy atom. The molecule has 0 saturated carbocycles. The van der Waals surface area contributed by atoms with Crippen molar-refractivity contribution in [3.63, 3.8) is 0 Å². The predicted molar refractivity (Wildman–Crippen MR) is 93.0 cm³/mol. The van der Waals surface area contributed by atoms with E-state index >= 15 is 0 Å². The molecule has 1 saturated heterocycles. The van der Waals surface area contributed by atoms with Crippen LogP contribution in [0, 0.1) is 0 Å². The van der Waals surface area contributed by atoms with Crippen molar-refractivity contribution in [3.8, 4) is 0 Å². The van der Waals surface area contributed by atoms with E-state index in [-0.39, 0.29) is 23.8 Å². The van der Waals surface area contributed by atoms with Crippen LogP contribution in [0.15, 0.2) is 12.7 Å². The number of rotatable bonds is 5. The fourth-order valence-electron chi connectivity index (χ4n) is 2.20. The third-order valence-corrected chi connectivity index (χ3v) is 4.96. The SMILES string of the molecule is C=CCCC(=O)OC1CCN(C)C(=O)N1c1nnc(C(C)(C)C)s1. The fourth-order valence-corrected chi connectivity index (χ4v) is 3.14. The summed E-state index contributed by atoms with van der Waals surface area (Å²) < 4.78 is 5.50. The maximum absolute atomic E-state index is 12.6. The summed E-state index contributed by atoms with van der Waals surface area (Å²) in [6, 6.07) is -0.237. The number of allylic oxidation sites excluding steroid dienone is 1. The molecule has 0 aromatic carbocycles. The first kappa shape index (κ1) is 18.4. The lowest BCUT2D eigenvalue weighted by molar-refractivity contribution is -0.149. The zero-order valence-electron chi connectivity index (χ0n) is 14.6. The first-order valence-corrected chi connectivity index (χ1v) is 8.74. The molecule has 0 spiro atoms. The van der Waals surface area contributed by atoms with Crippen LogP contribution in [-0.4, -0.2) is 46.9 Å². The first-order chi connectivity index (χ1) is 11.2. The zero-order valence-corrected chi connectivity index (χ0v) is 15.4. The van der Waals surface area contributed by atoms with E-state index in [9.17, 15) is 9.59 Å². The molecule has 7 nitrogen and oxygen atoms in total. The number of carbonyl (C=O) groups excluding carboxylic acids is 2. The zero-order chi connectivity index (χ0) is 17.9. The monoisotopic (exact) mass is 352 g/mol. The van der Waals surface area contributed by atoms with Gasteiger partial charge >= 0.3 is 12.0 Å². The van der Waals surface area contributed by atoms with E-state index in [0.717, 1.165) is 5.01 Å². The van der Waals surface area contributed by atoms with Crippen LogP contribution in [0.5, 0.6) is 0 Å². The molecule has 1 aliphatic rings. The van der Waals surface area contributed by atoms with Gasteiger partial charge in [-0.05, 0) is 6.42 Å². The average molecular weight is 352 g/mol. The molecule has 2 rings (SSSR count). The summed E-state index contributed by atoms with van der Waals surface area (Å²) in [5.74, 6) is -0.345. The number of nitrogens with zero attached hydrogens (tertiary/aromatic N) is 4. The molecule has 0 aliphatic carbocycles. The predicted octanol–water partition coefficient (Wildman–Crippen LogP) is 2.93. The Morgan fingerprint density at radius 1 is 1.46 bits per heavy atom. The Hall–Kier alpha value is -1.96. The number of amides is 2. The summed E-state index contributed by atoms with van der Waals surface area (Å²) in [5.41, 5.74) is -0.156. The Kier molecular flexibility index (Phi) is 5.58. The first-order valence-electron chi connectivity index (χ1n) is 7.92. The third-order valence-electron chi connectivity index (χ3n) is 3.61. The Balaban J connectivity index is 2.23. The van der Waals surface area contributed by atoms with Crippen molar-refractivity contribution >= 4 is 28.5 Å². The highest BCUT2D eigenvalue weighted by molar-refractivity contribution is 7.15. The van der Waals surface area contributed by atoms with Crippen LogP contribution in [0.4, 0.5) is 9.93 Å². The summed E-state index contributed by atoms with van der Waals surface area (Å²) in [7, 11) is 1.72. The van der Waals surface area contributed by atoms with Gasteiger partial charge in [0.1, 0.15) is 5.01 Å². The molecule has 0 bridgehead atoms. The molecule has 1 fully saturated rings. The molecule has 2 amide bonds. The lowest BCUT2D eigenvalue weighted by Crippen LogP contribution is -2.54. The number of ether oxygens (including phenoxy) is 1.